The Bertz CT molecular complexity index is 971. The number of hydrogen-bond donors (Lipinski definition) is 3. The average Bonchev–Trinajstić information content (AvgIpc) is 2.75. The highest BCUT2D eigenvalue weighted by Gasteiger charge is 2.32. The Balaban J connectivity index is 1.47. The van der Waals surface area contributed by atoms with Crippen molar-refractivity contribution in [3.05, 3.63) is 71.5 Å². The molecule has 31 heavy (non-hydrogen) atoms. The molecule has 3 rings (SSSR count). The second-order valence-corrected chi connectivity index (χ2v) is 9.35. The minimum atomic E-state index is -3.46. The van der Waals surface area contributed by atoms with E-state index in [4.69, 9.17) is 4.74 Å². The van der Waals surface area contributed by atoms with E-state index in [-0.39, 0.29) is 30.6 Å². The van der Waals surface area contributed by atoms with Gasteiger partial charge in [-0.3, -0.25) is 4.79 Å². The summed E-state index contributed by atoms with van der Waals surface area (Å²) in [5, 5.41) is 12.4. The minimum absolute atomic E-state index is 0.0610. The van der Waals surface area contributed by atoms with Gasteiger partial charge in [-0.05, 0) is 37.0 Å². The van der Waals surface area contributed by atoms with Crippen LogP contribution >= 0.6 is 0 Å². The van der Waals surface area contributed by atoms with Gasteiger partial charge in [0.1, 0.15) is 11.9 Å². The van der Waals surface area contributed by atoms with Gasteiger partial charge >= 0.3 is 0 Å². The zero-order chi connectivity index (χ0) is 22.3. The fourth-order valence-electron chi connectivity index (χ4n) is 3.62. The maximum atomic E-state index is 13.8. The summed E-state index contributed by atoms with van der Waals surface area (Å²) in [6.45, 7) is -0.0946. The molecule has 9 heteroatoms. The average molecular weight is 451 g/mol. The SMILES string of the molecule is O=C(N[C@H]1CC[C@H](CCNS(=O)(=O)Cc2ccccc2)O[C@H]1CO)c1ccccc1F. The standard InChI is InChI=1S/C22H27FN2O5S/c23-19-9-5-4-8-18(19)22(27)25-20-11-10-17(30-21(20)14-26)12-13-24-31(28,29)15-16-6-2-1-3-7-16/h1-9,17,20-21,24,26H,10-15H2,(H,25,27)/t17-,20+,21+/m1/s1. The molecule has 0 bridgehead atoms. The van der Waals surface area contributed by atoms with Crippen molar-refractivity contribution in [1.82, 2.24) is 10.0 Å². The summed E-state index contributed by atoms with van der Waals surface area (Å²) in [6, 6.07) is 14.1. The van der Waals surface area contributed by atoms with Gasteiger partial charge in [-0.25, -0.2) is 17.5 Å². The van der Waals surface area contributed by atoms with Crippen LogP contribution in [-0.4, -0.2) is 50.8 Å². The van der Waals surface area contributed by atoms with Crippen molar-refractivity contribution in [3.8, 4) is 0 Å². The summed E-state index contributed by atoms with van der Waals surface area (Å²) < 4.78 is 46.7. The van der Waals surface area contributed by atoms with E-state index in [2.05, 4.69) is 10.0 Å². The first kappa shape index (κ1) is 23.3. The van der Waals surface area contributed by atoms with Crippen LogP contribution in [0.2, 0.25) is 0 Å². The van der Waals surface area contributed by atoms with Crippen LogP contribution in [0.1, 0.15) is 35.2 Å². The van der Waals surface area contributed by atoms with Crippen molar-refractivity contribution in [1.29, 1.82) is 0 Å². The molecular formula is C22H27FN2O5S. The smallest absolute Gasteiger partial charge is 0.254 e. The summed E-state index contributed by atoms with van der Waals surface area (Å²) in [5.74, 6) is -1.27. The molecule has 168 valence electrons. The number of aliphatic hydroxyl groups excluding tert-OH is 1. The molecule has 7 nitrogen and oxygen atoms in total. The summed E-state index contributed by atoms with van der Waals surface area (Å²) in [7, 11) is -3.46. The van der Waals surface area contributed by atoms with Gasteiger partial charge in [-0.1, -0.05) is 42.5 Å². The first-order valence-corrected chi connectivity index (χ1v) is 11.9. The number of benzene rings is 2. The van der Waals surface area contributed by atoms with Gasteiger partial charge in [0.25, 0.3) is 5.91 Å². The monoisotopic (exact) mass is 450 g/mol. The molecule has 1 aliphatic heterocycles. The lowest BCUT2D eigenvalue weighted by atomic mass is 9.96. The van der Waals surface area contributed by atoms with Crippen LogP contribution in [0, 0.1) is 5.82 Å². The van der Waals surface area contributed by atoms with E-state index in [1.807, 2.05) is 6.07 Å². The van der Waals surface area contributed by atoms with Crippen LogP contribution in [0.15, 0.2) is 54.6 Å². The molecule has 1 aliphatic rings. The topological polar surface area (TPSA) is 105 Å². The van der Waals surface area contributed by atoms with Crippen molar-refractivity contribution in [3.63, 3.8) is 0 Å². The molecule has 0 aromatic heterocycles. The van der Waals surface area contributed by atoms with E-state index in [0.29, 0.717) is 24.8 Å². The van der Waals surface area contributed by atoms with Gasteiger partial charge in [-0.2, -0.15) is 0 Å². The number of ether oxygens (including phenoxy) is 1. The number of hydrogen-bond acceptors (Lipinski definition) is 5. The number of rotatable bonds is 9. The predicted molar refractivity (Wildman–Crippen MR) is 114 cm³/mol. The van der Waals surface area contributed by atoms with Crippen molar-refractivity contribution in [2.24, 2.45) is 0 Å². The van der Waals surface area contributed by atoms with Crippen LogP contribution in [0.25, 0.3) is 0 Å². The van der Waals surface area contributed by atoms with Crippen molar-refractivity contribution in [2.45, 2.75) is 43.3 Å². The maximum Gasteiger partial charge on any atom is 0.254 e. The van der Waals surface area contributed by atoms with Crippen LogP contribution in [0.5, 0.6) is 0 Å². The molecule has 1 heterocycles. The molecule has 1 amide bonds. The number of aliphatic hydroxyl groups is 1. The number of nitrogens with one attached hydrogen (secondary N) is 2. The highest BCUT2D eigenvalue weighted by molar-refractivity contribution is 7.88. The van der Waals surface area contributed by atoms with Crippen molar-refractivity contribution < 1.29 is 27.4 Å². The largest absolute Gasteiger partial charge is 0.394 e. The number of carbonyl (C=O) groups excluding carboxylic acids is 1. The third kappa shape index (κ3) is 6.83. The minimum Gasteiger partial charge on any atom is -0.394 e. The maximum absolute atomic E-state index is 13.8. The molecule has 0 unspecified atom stereocenters. The summed E-state index contributed by atoms with van der Waals surface area (Å²) >= 11 is 0. The molecule has 2 aromatic rings. The third-order valence-electron chi connectivity index (χ3n) is 5.22. The van der Waals surface area contributed by atoms with E-state index in [1.165, 1.54) is 18.2 Å². The zero-order valence-corrected chi connectivity index (χ0v) is 17.9. The van der Waals surface area contributed by atoms with Crippen LogP contribution in [-0.2, 0) is 20.5 Å². The van der Waals surface area contributed by atoms with Gasteiger partial charge in [0.2, 0.25) is 10.0 Å². The fourth-order valence-corrected chi connectivity index (χ4v) is 4.78. The quantitative estimate of drug-likeness (QED) is 0.542. The van der Waals surface area contributed by atoms with Crippen LogP contribution < -0.4 is 10.0 Å². The van der Waals surface area contributed by atoms with Crippen molar-refractivity contribution in [2.75, 3.05) is 13.2 Å². The Morgan fingerprint density at radius 2 is 1.81 bits per heavy atom. The van der Waals surface area contributed by atoms with E-state index in [1.54, 1.807) is 30.3 Å². The molecule has 1 fully saturated rings. The number of halogens is 1. The predicted octanol–water partition coefficient (Wildman–Crippen LogP) is 1.97. The molecule has 1 saturated heterocycles. The lowest BCUT2D eigenvalue weighted by Crippen LogP contribution is -2.51. The van der Waals surface area contributed by atoms with Gasteiger partial charge in [0, 0.05) is 6.54 Å². The lowest BCUT2D eigenvalue weighted by Gasteiger charge is -2.36. The molecule has 3 N–H and O–H groups in total. The number of sulfonamides is 1. The van der Waals surface area contributed by atoms with Gasteiger partial charge in [0.05, 0.1) is 30.1 Å². The van der Waals surface area contributed by atoms with Crippen LogP contribution in [0.3, 0.4) is 0 Å². The van der Waals surface area contributed by atoms with E-state index >= 15 is 0 Å². The summed E-state index contributed by atoms with van der Waals surface area (Å²) in [5.41, 5.74) is 0.645. The zero-order valence-electron chi connectivity index (χ0n) is 17.0. The molecule has 0 aliphatic carbocycles. The summed E-state index contributed by atoms with van der Waals surface area (Å²) in [4.78, 5) is 12.3. The Hall–Kier alpha value is -2.33. The highest BCUT2D eigenvalue weighted by Crippen LogP contribution is 2.22. The third-order valence-corrected chi connectivity index (χ3v) is 6.58. The van der Waals surface area contributed by atoms with Crippen LogP contribution in [0.4, 0.5) is 4.39 Å². The lowest BCUT2D eigenvalue weighted by molar-refractivity contribution is -0.0891. The summed E-state index contributed by atoms with van der Waals surface area (Å²) in [6.07, 6.45) is 0.665. The normalized spacial score (nSPS) is 21.5. The van der Waals surface area contributed by atoms with Gasteiger partial charge in [0.15, 0.2) is 0 Å². The van der Waals surface area contributed by atoms with E-state index in [0.717, 1.165) is 0 Å². The first-order valence-electron chi connectivity index (χ1n) is 10.2. The molecular weight excluding hydrogens is 423 g/mol. The number of carbonyl (C=O) groups is 1. The Labute approximate surface area is 181 Å². The highest BCUT2D eigenvalue weighted by atomic mass is 32.2. The Kier molecular flexibility index (Phi) is 8.14. The fraction of sp³-hybridized carbons (Fsp3) is 0.409. The Morgan fingerprint density at radius 3 is 2.52 bits per heavy atom. The second kappa shape index (κ2) is 10.8. The van der Waals surface area contributed by atoms with Gasteiger partial charge in [-0.15, -0.1) is 0 Å². The first-order chi connectivity index (χ1) is 14.9. The molecule has 0 saturated carbocycles. The second-order valence-electron chi connectivity index (χ2n) is 7.54. The number of amides is 1. The van der Waals surface area contributed by atoms with Crippen molar-refractivity contribution >= 4 is 15.9 Å². The molecule has 3 atom stereocenters. The Morgan fingerprint density at radius 1 is 1.10 bits per heavy atom. The van der Waals surface area contributed by atoms with E-state index in [9.17, 15) is 22.7 Å². The van der Waals surface area contributed by atoms with E-state index < -0.39 is 33.9 Å². The molecule has 0 radical (unpaired) electrons. The van der Waals surface area contributed by atoms with Gasteiger partial charge < -0.3 is 15.2 Å². The molecule has 0 spiro atoms. The molecule has 2 aromatic carbocycles.